The SMILES string of the molecule is O=C1C(=NO)C(=NO)C2CCCCC12. The molecule has 2 fully saturated rings. The molecule has 5 heteroatoms. The highest BCUT2D eigenvalue weighted by Gasteiger charge is 2.46. The van der Waals surface area contributed by atoms with Gasteiger partial charge in [-0.2, -0.15) is 0 Å². The largest absolute Gasteiger partial charge is 0.411 e. The predicted octanol–water partition coefficient (Wildman–Crippen LogP) is 1.04. The van der Waals surface area contributed by atoms with Gasteiger partial charge >= 0.3 is 0 Å². The van der Waals surface area contributed by atoms with E-state index in [-0.39, 0.29) is 29.0 Å². The lowest BCUT2D eigenvalue weighted by Gasteiger charge is -2.22. The van der Waals surface area contributed by atoms with Gasteiger partial charge in [-0.3, -0.25) is 4.79 Å². The van der Waals surface area contributed by atoms with Crippen molar-refractivity contribution in [2.24, 2.45) is 22.1 Å². The van der Waals surface area contributed by atoms with Crippen molar-refractivity contribution in [1.82, 2.24) is 0 Å². The molecule has 0 aromatic rings. The fourth-order valence-corrected chi connectivity index (χ4v) is 2.47. The maximum atomic E-state index is 11.7. The highest BCUT2D eigenvalue weighted by molar-refractivity contribution is 6.71. The summed E-state index contributed by atoms with van der Waals surface area (Å²) < 4.78 is 0. The molecule has 76 valence electrons. The Morgan fingerprint density at radius 3 is 2.29 bits per heavy atom. The first kappa shape index (κ1) is 9.18. The molecule has 0 saturated heterocycles. The highest BCUT2D eigenvalue weighted by atomic mass is 16.4. The summed E-state index contributed by atoms with van der Waals surface area (Å²) in [5.74, 6) is -0.335. The van der Waals surface area contributed by atoms with Gasteiger partial charge in [0.15, 0.2) is 11.5 Å². The number of fused-ring (bicyclic) bond motifs is 1. The molecule has 0 bridgehead atoms. The van der Waals surface area contributed by atoms with E-state index in [4.69, 9.17) is 10.4 Å². The zero-order valence-corrected chi connectivity index (χ0v) is 7.68. The summed E-state index contributed by atoms with van der Waals surface area (Å²) in [4.78, 5) is 11.7. The Bertz CT molecular complexity index is 322. The third kappa shape index (κ3) is 1.12. The Balaban J connectivity index is 2.38. The molecule has 0 spiro atoms. The summed E-state index contributed by atoms with van der Waals surface area (Å²) in [5, 5.41) is 23.4. The first-order valence-electron chi connectivity index (χ1n) is 4.78. The Morgan fingerprint density at radius 2 is 1.71 bits per heavy atom. The number of ketones is 1. The van der Waals surface area contributed by atoms with Crippen LogP contribution in [0.2, 0.25) is 0 Å². The second kappa shape index (κ2) is 3.40. The van der Waals surface area contributed by atoms with Gasteiger partial charge in [0.05, 0.1) is 0 Å². The van der Waals surface area contributed by atoms with Gasteiger partial charge < -0.3 is 10.4 Å². The van der Waals surface area contributed by atoms with E-state index in [1.807, 2.05) is 0 Å². The van der Waals surface area contributed by atoms with E-state index < -0.39 is 0 Å². The van der Waals surface area contributed by atoms with Gasteiger partial charge in [0.25, 0.3) is 0 Å². The smallest absolute Gasteiger partial charge is 0.190 e. The lowest BCUT2D eigenvalue weighted by Crippen LogP contribution is -2.21. The molecule has 2 atom stereocenters. The van der Waals surface area contributed by atoms with Crippen LogP contribution in [0.15, 0.2) is 10.3 Å². The lowest BCUT2D eigenvalue weighted by molar-refractivity contribution is -0.117. The number of hydrogen-bond donors (Lipinski definition) is 2. The monoisotopic (exact) mass is 196 g/mol. The van der Waals surface area contributed by atoms with Gasteiger partial charge in [-0.25, -0.2) is 0 Å². The van der Waals surface area contributed by atoms with Crippen molar-refractivity contribution in [2.45, 2.75) is 25.7 Å². The highest BCUT2D eigenvalue weighted by Crippen LogP contribution is 2.37. The minimum Gasteiger partial charge on any atom is -0.411 e. The van der Waals surface area contributed by atoms with E-state index in [1.54, 1.807) is 0 Å². The van der Waals surface area contributed by atoms with Gasteiger partial charge in [0.2, 0.25) is 0 Å². The molecule has 2 N–H and O–H groups in total. The molecule has 2 aliphatic carbocycles. The molecule has 0 heterocycles. The molecule has 0 aromatic heterocycles. The Hall–Kier alpha value is -1.39. The molecule has 0 radical (unpaired) electrons. The summed E-state index contributed by atoms with van der Waals surface area (Å²) in [6.07, 6.45) is 3.70. The van der Waals surface area contributed by atoms with Gasteiger partial charge in [0, 0.05) is 11.8 Å². The number of Topliss-reactive ketones (excluding diaryl/α,β-unsaturated/α-hetero) is 1. The topological polar surface area (TPSA) is 82.2 Å². The molecule has 2 unspecified atom stereocenters. The van der Waals surface area contributed by atoms with Crippen molar-refractivity contribution < 1.29 is 15.2 Å². The standard InChI is InChI=1S/C9H12N2O3/c12-9-6-4-2-1-3-5(6)7(10-13)8(9)11-14/h5-6,13-14H,1-4H2. The molecule has 2 rings (SSSR count). The zero-order chi connectivity index (χ0) is 10.1. The minimum absolute atomic E-state index is 0.0350. The molecule has 0 amide bonds. The Morgan fingerprint density at radius 1 is 1.07 bits per heavy atom. The number of hydrogen-bond acceptors (Lipinski definition) is 5. The van der Waals surface area contributed by atoms with Crippen molar-refractivity contribution in [1.29, 1.82) is 0 Å². The summed E-state index contributed by atoms with van der Waals surface area (Å²) >= 11 is 0. The molecule has 0 aromatic carbocycles. The first-order chi connectivity index (χ1) is 6.79. The number of rotatable bonds is 0. The maximum Gasteiger partial charge on any atom is 0.190 e. The van der Waals surface area contributed by atoms with Crippen molar-refractivity contribution >= 4 is 17.2 Å². The van der Waals surface area contributed by atoms with Gasteiger partial charge in [0.1, 0.15) is 5.71 Å². The van der Waals surface area contributed by atoms with Crippen LogP contribution < -0.4 is 0 Å². The van der Waals surface area contributed by atoms with Gasteiger partial charge in [-0.15, -0.1) is 0 Å². The van der Waals surface area contributed by atoms with Crippen molar-refractivity contribution in [3.8, 4) is 0 Å². The number of oxime groups is 2. The third-order valence-corrected chi connectivity index (χ3v) is 3.14. The summed E-state index contributed by atoms with van der Waals surface area (Å²) in [5.41, 5.74) is 0.214. The lowest BCUT2D eigenvalue weighted by atomic mass is 9.81. The van der Waals surface area contributed by atoms with E-state index in [9.17, 15) is 4.79 Å². The molecule has 5 nitrogen and oxygen atoms in total. The average molecular weight is 196 g/mol. The van der Waals surface area contributed by atoms with Crippen molar-refractivity contribution in [3.05, 3.63) is 0 Å². The molecule has 0 aliphatic heterocycles. The normalized spacial score (nSPS) is 37.9. The minimum atomic E-state index is -0.176. The van der Waals surface area contributed by atoms with E-state index in [0.29, 0.717) is 0 Å². The van der Waals surface area contributed by atoms with Crippen LogP contribution in [0.4, 0.5) is 0 Å². The van der Waals surface area contributed by atoms with Crippen LogP contribution in [0.3, 0.4) is 0 Å². The Labute approximate surface area is 81.1 Å². The predicted molar refractivity (Wildman–Crippen MR) is 48.9 cm³/mol. The molecule has 2 saturated carbocycles. The van der Waals surface area contributed by atoms with Crippen LogP contribution in [-0.2, 0) is 4.79 Å². The van der Waals surface area contributed by atoms with Crippen LogP contribution in [0, 0.1) is 11.8 Å². The fraction of sp³-hybridized carbons (Fsp3) is 0.667. The first-order valence-corrected chi connectivity index (χ1v) is 4.78. The van der Waals surface area contributed by atoms with Crippen molar-refractivity contribution in [2.75, 3.05) is 0 Å². The van der Waals surface area contributed by atoms with Crippen LogP contribution in [0.25, 0.3) is 0 Å². The second-order valence-corrected chi connectivity index (χ2v) is 3.80. The molecular formula is C9H12N2O3. The average Bonchev–Trinajstić information content (AvgIpc) is 2.51. The van der Waals surface area contributed by atoms with E-state index in [1.165, 1.54) is 0 Å². The van der Waals surface area contributed by atoms with Crippen LogP contribution >= 0.6 is 0 Å². The van der Waals surface area contributed by atoms with Crippen LogP contribution in [0.5, 0.6) is 0 Å². The van der Waals surface area contributed by atoms with E-state index in [2.05, 4.69) is 10.3 Å². The van der Waals surface area contributed by atoms with Gasteiger partial charge in [-0.05, 0) is 12.8 Å². The van der Waals surface area contributed by atoms with E-state index in [0.717, 1.165) is 25.7 Å². The number of nitrogens with zero attached hydrogens (tertiary/aromatic N) is 2. The molecule has 14 heavy (non-hydrogen) atoms. The van der Waals surface area contributed by atoms with Gasteiger partial charge in [-0.1, -0.05) is 23.2 Å². The fourth-order valence-electron chi connectivity index (χ4n) is 2.47. The zero-order valence-electron chi connectivity index (χ0n) is 7.68. The summed E-state index contributed by atoms with van der Waals surface area (Å²) in [7, 11) is 0. The second-order valence-electron chi connectivity index (χ2n) is 3.80. The van der Waals surface area contributed by atoms with Crippen LogP contribution in [0.1, 0.15) is 25.7 Å². The Kier molecular flexibility index (Phi) is 2.23. The maximum absolute atomic E-state index is 11.7. The van der Waals surface area contributed by atoms with E-state index >= 15 is 0 Å². The molecular weight excluding hydrogens is 184 g/mol. The molecule has 2 aliphatic rings. The summed E-state index contributed by atoms with van der Waals surface area (Å²) in [6, 6.07) is 0. The quantitative estimate of drug-likeness (QED) is 0.448. The third-order valence-electron chi connectivity index (χ3n) is 3.14. The van der Waals surface area contributed by atoms with Crippen LogP contribution in [-0.4, -0.2) is 27.6 Å². The van der Waals surface area contributed by atoms with Crippen molar-refractivity contribution in [3.63, 3.8) is 0 Å². The summed E-state index contributed by atoms with van der Waals surface area (Å²) in [6.45, 7) is 0. The number of carbonyl (C=O) groups excluding carboxylic acids is 1. The number of carbonyl (C=O) groups is 1.